The fraction of sp³-hybridized carbons (Fsp3) is 0.600. The molecule has 0 aliphatic rings. The lowest BCUT2D eigenvalue weighted by molar-refractivity contribution is 0.00848. The minimum absolute atomic E-state index is 0.156. The summed E-state index contributed by atoms with van der Waals surface area (Å²) in [5.41, 5.74) is 1.14. The molecule has 0 spiro atoms. The van der Waals surface area contributed by atoms with E-state index in [0.717, 1.165) is 5.69 Å². The highest BCUT2D eigenvalue weighted by atomic mass is 16.5. The summed E-state index contributed by atoms with van der Waals surface area (Å²) in [6, 6.07) is 10.5. The number of para-hydroxylation sites is 1. The first-order chi connectivity index (χ1) is 8.50. The molecule has 3 heteroatoms. The molecular formula is C15H25NO2. The number of aliphatic hydroxyl groups excluding tert-OH is 1. The van der Waals surface area contributed by atoms with Gasteiger partial charge in [0.2, 0.25) is 0 Å². The van der Waals surface area contributed by atoms with Gasteiger partial charge < -0.3 is 14.7 Å². The van der Waals surface area contributed by atoms with Crippen molar-refractivity contribution in [2.24, 2.45) is 0 Å². The number of hydrogen-bond acceptors (Lipinski definition) is 3. The van der Waals surface area contributed by atoms with E-state index in [2.05, 4.69) is 30.9 Å². The van der Waals surface area contributed by atoms with Gasteiger partial charge in [-0.15, -0.1) is 0 Å². The number of benzene rings is 1. The van der Waals surface area contributed by atoms with Crippen molar-refractivity contribution < 1.29 is 9.84 Å². The molecular weight excluding hydrogens is 226 g/mol. The standard InChI is InChI=1S/C15H25NO2/c1-12(2)16(14-8-6-5-7-9-14)10-15(17)11-18-13(3)4/h5-9,12-13,15,17H,10-11H2,1-4H3. The predicted octanol–water partition coefficient (Wildman–Crippen LogP) is 2.69. The summed E-state index contributed by atoms with van der Waals surface area (Å²) in [4.78, 5) is 2.19. The normalized spacial score (nSPS) is 13.1. The molecule has 0 saturated heterocycles. The first-order valence-electron chi connectivity index (χ1n) is 6.62. The smallest absolute Gasteiger partial charge is 0.0948 e. The third kappa shape index (κ3) is 5.07. The third-order valence-corrected chi connectivity index (χ3v) is 2.74. The van der Waals surface area contributed by atoms with E-state index < -0.39 is 6.10 Å². The second kappa shape index (κ2) is 7.39. The van der Waals surface area contributed by atoms with Gasteiger partial charge in [-0.1, -0.05) is 18.2 Å². The maximum atomic E-state index is 10.0. The van der Waals surface area contributed by atoms with Crippen LogP contribution in [0.5, 0.6) is 0 Å². The van der Waals surface area contributed by atoms with Gasteiger partial charge in [0, 0.05) is 18.3 Å². The Morgan fingerprint density at radius 1 is 1.11 bits per heavy atom. The van der Waals surface area contributed by atoms with Crippen molar-refractivity contribution in [3.05, 3.63) is 30.3 Å². The molecule has 0 radical (unpaired) electrons. The van der Waals surface area contributed by atoms with Crippen LogP contribution >= 0.6 is 0 Å². The Kier molecular flexibility index (Phi) is 6.16. The number of hydrogen-bond donors (Lipinski definition) is 1. The summed E-state index contributed by atoms with van der Waals surface area (Å²) in [7, 11) is 0. The lowest BCUT2D eigenvalue weighted by Crippen LogP contribution is -2.39. The van der Waals surface area contributed by atoms with Crippen LogP contribution in [0, 0.1) is 0 Å². The summed E-state index contributed by atoms with van der Waals surface area (Å²) in [6.07, 6.45) is -0.307. The second-order valence-corrected chi connectivity index (χ2v) is 5.12. The summed E-state index contributed by atoms with van der Waals surface area (Å²) < 4.78 is 5.44. The van der Waals surface area contributed by atoms with Crippen LogP contribution < -0.4 is 4.90 Å². The molecule has 0 bridgehead atoms. The van der Waals surface area contributed by atoms with Gasteiger partial charge in [-0.2, -0.15) is 0 Å². The van der Waals surface area contributed by atoms with E-state index in [1.165, 1.54) is 0 Å². The van der Waals surface area contributed by atoms with E-state index in [-0.39, 0.29) is 6.10 Å². The summed E-state index contributed by atoms with van der Waals surface area (Å²) in [5, 5.41) is 10.0. The molecule has 0 heterocycles. The Morgan fingerprint density at radius 3 is 2.22 bits per heavy atom. The molecule has 3 nitrogen and oxygen atoms in total. The van der Waals surface area contributed by atoms with Crippen molar-refractivity contribution in [1.82, 2.24) is 0 Å². The van der Waals surface area contributed by atoms with Crippen molar-refractivity contribution >= 4 is 5.69 Å². The highest BCUT2D eigenvalue weighted by molar-refractivity contribution is 5.46. The fourth-order valence-electron chi connectivity index (χ4n) is 1.82. The molecule has 1 aromatic rings. The fourth-order valence-corrected chi connectivity index (χ4v) is 1.82. The minimum atomic E-state index is -0.463. The number of rotatable bonds is 7. The molecule has 0 aliphatic carbocycles. The zero-order valence-electron chi connectivity index (χ0n) is 11.8. The maximum absolute atomic E-state index is 10.0. The zero-order chi connectivity index (χ0) is 13.5. The van der Waals surface area contributed by atoms with Gasteiger partial charge in [0.05, 0.1) is 18.8 Å². The molecule has 1 aromatic carbocycles. The highest BCUT2D eigenvalue weighted by Gasteiger charge is 2.15. The van der Waals surface area contributed by atoms with Gasteiger partial charge in [0.25, 0.3) is 0 Å². The van der Waals surface area contributed by atoms with Crippen LogP contribution in [-0.2, 0) is 4.74 Å². The molecule has 102 valence electrons. The minimum Gasteiger partial charge on any atom is -0.389 e. The molecule has 18 heavy (non-hydrogen) atoms. The van der Waals surface area contributed by atoms with Crippen LogP contribution in [0.15, 0.2) is 30.3 Å². The van der Waals surface area contributed by atoms with Crippen LogP contribution in [0.4, 0.5) is 5.69 Å². The van der Waals surface area contributed by atoms with E-state index in [1.54, 1.807) is 0 Å². The Balaban J connectivity index is 2.59. The Labute approximate surface area is 110 Å². The molecule has 1 unspecified atom stereocenters. The molecule has 1 rings (SSSR count). The molecule has 0 fully saturated rings. The van der Waals surface area contributed by atoms with Gasteiger partial charge >= 0.3 is 0 Å². The lowest BCUT2D eigenvalue weighted by atomic mass is 10.2. The van der Waals surface area contributed by atoms with Gasteiger partial charge in [0.15, 0.2) is 0 Å². The van der Waals surface area contributed by atoms with E-state index in [4.69, 9.17) is 4.74 Å². The number of anilines is 1. The number of aliphatic hydroxyl groups is 1. The Hall–Kier alpha value is -1.06. The van der Waals surface area contributed by atoms with E-state index in [0.29, 0.717) is 19.2 Å². The van der Waals surface area contributed by atoms with Crippen LogP contribution in [0.1, 0.15) is 27.7 Å². The molecule has 1 N–H and O–H groups in total. The highest BCUT2D eigenvalue weighted by Crippen LogP contribution is 2.16. The lowest BCUT2D eigenvalue weighted by Gasteiger charge is -2.31. The van der Waals surface area contributed by atoms with Crippen LogP contribution in [-0.4, -0.2) is 36.5 Å². The molecule has 0 amide bonds. The SMILES string of the molecule is CC(C)OCC(O)CN(c1ccccc1)C(C)C. The quantitative estimate of drug-likeness (QED) is 0.808. The third-order valence-electron chi connectivity index (χ3n) is 2.74. The Morgan fingerprint density at radius 2 is 1.72 bits per heavy atom. The van der Waals surface area contributed by atoms with E-state index in [1.807, 2.05) is 32.0 Å². The topological polar surface area (TPSA) is 32.7 Å². The van der Waals surface area contributed by atoms with E-state index >= 15 is 0 Å². The number of ether oxygens (including phenoxy) is 1. The summed E-state index contributed by atoms with van der Waals surface area (Å²) >= 11 is 0. The van der Waals surface area contributed by atoms with Crippen molar-refractivity contribution in [2.75, 3.05) is 18.1 Å². The van der Waals surface area contributed by atoms with E-state index in [9.17, 15) is 5.11 Å². The zero-order valence-corrected chi connectivity index (χ0v) is 11.8. The largest absolute Gasteiger partial charge is 0.389 e. The maximum Gasteiger partial charge on any atom is 0.0948 e. The average molecular weight is 251 g/mol. The van der Waals surface area contributed by atoms with Crippen molar-refractivity contribution in [2.45, 2.75) is 45.9 Å². The molecule has 0 saturated carbocycles. The van der Waals surface area contributed by atoms with Gasteiger partial charge in [-0.05, 0) is 39.8 Å². The van der Waals surface area contributed by atoms with Crippen molar-refractivity contribution in [1.29, 1.82) is 0 Å². The number of nitrogens with zero attached hydrogens (tertiary/aromatic N) is 1. The first kappa shape index (κ1) is 15.0. The van der Waals surface area contributed by atoms with Crippen molar-refractivity contribution in [3.8, 4) is 0 Å². The predicted molar refractivity (Wildman–Crippen MR) is 76.0 cm³/mol. The van der Waals surface area contributed by atoms with Crippen LogP contribution in [0.2, 0.25) is 0 Å². The average Bonchev–Trinajstić information content (AvgIpc) is 2.34. The monoisotopic (exact) mass is 251 g/mol. The van der Waals surface area contributed by atoms with Crippen molar-refractivity contribution in [3.63, 3.8) is 0 Å². The summed E-state index contributed by atoms with van der Waals surface area (Å²) in [5.74, 6) is 0. The van der Waals surface area contributed by atoms with Crippen LogP contribution in [0.25, 0.3) is 0 Å². The Bertz CT molecular complexity index is 325. The second-order valence-electron chi connectivity index (χ2n) is 5.12. The van der Waals surface area contributed by atoms with Gasteiger partial charge in [0.1, 0.15) is 0 Å². The molecule has 0 aliphatic heterocycles. The van der Waals surface area contributed by atoms with Gasteiger partial charge in [-0.3, -0.25) is 0 Å². The first-order valence-corrected chi connectivity index (χ1v) is 6.62. The van der Waals surface area contributed by atoms with Gasteiger partial charge in [-0.25, -0.2) is 0 Å². The molecule has 1 atom stereocenters. The summed E-state index contributed by atoms with van der Waals surface area (Å²) in [6.45, 7) is 9.18. The molecule has 0 aromatic heterocycles. The van der Waals surface area contributed by atoms with Crippen LogP contribution in [0.3, 0.4) is 0 Å².